The molecular formula is C23H30FN3O2. The maximum atomic E-state index is 13.5. The van der Waals surface area contributed by atoms with Gasteiger partial charge >= 0.3 is 0 Å². The fourth-order valence-corrected chi connectivity index (χ4v) is 3.70. The van der Waals surface area contributed by atoms with Crippen molar-refractivity contribution in [2.45, 2.75) is 19.9 Å². The van der Waals surface area contributed by atoms with Gasteiger partial charge in [-0.25, -0.2) is 4.39 Å². The van der Waals surface area contributed by atoms with Crippen molar-refractivity contribution in [1.82, 2.24) is 15.1 Å². The highest BCUT2D eigenvalue weighted by Gasteiger charge is 2.20. The van der Waals surface area contributed by atoms with Gasteiger partial charge in [0.15, 0.2) is 0 Å². The molecule has 1 amide bonds. The van der Waals surface area contributed by atoms with Crippen LogP contribution in [0.25, 0.3) is 0 Å². The predicted octanol–water partition coefficient (Wildman–Crippen LogP) is 2.62. The lowest BCUT2D eigenvalue weighted by Gasteiger charge is -2.34. The van der Waals surface area contributed by atoms with E-state index in [-0.39, 0.29) is 11.7 Å². The molecule has 0 bridgehead atoms. The summed E-state index contributed by atoms with van der Waals surface area (Å²) >= 11 is 0. The van der Waals surface area contributed by atoms with Crippen LogP contribution in [0.1, 0.15) is 16.7 Å². The Morgan fingerprint density at radius 3 is 2.52 bits per heavy atom. The van der Waals surface area contributed by atoms with Gasteiger partial charge in [0.1, 0.15) is 11.6 Å². The molecule has 0 unspecified atom stereocenters. The number of piperazine rings is 1. The Bertz CT molecular complexity index is 820. The Balaban J connectivity index is 1.39. The van der Waals surface area contributed by atoms with Crippen LogP contribution in [-0.2, 0) is 17.8 Å². The molecule has 156 valence electrons. The van der Waals surface area contributed by atoms with Crippen LogP contribution in [-0.4, -0.2) is 62.1 Å². The molecular weight excluding hydrogens is 369 g/mol. The van der Waals surface area contributed by atoms with Crippen LogP contribution in [0, 0.1) is 12.7 Å². The SMILES string of the molecule is COc1ccc(F)cc1CN1CCN(CC(=O)NCCc2ccccc2C)CC1. The molecule has 0 atom stereocenters. The zero-order chi connectivity index (χ0) is 20.6. The van der Waals surface area contributed by atoms with Gasteiger partial charge in [-0.05, 0) is 42.7 Å². The number of ether oxygens (including phenoxy) is 1. The topological polar surface area (TPSA) is 44.8 Å². The van der Waals surface area contributed by atoms with Crippen molar-refractivity contribution < 1.29 is 13.9 Å². The Labute approximate surface area is 172 Å². The van der Waals surface area contributed by atoms with Gasteiger partial charge in [0.05, 0.1) is 13.7 Å². The molecule has 2 aromatic carbocycles. The van der Waals surface area contributed by atoms with Gasteiger partial charge in [0.2, 0.25) is 5.91 Å². The number of hydrogen-bond donors (Lipinski definition) is 1. The average Bonchev–Trinajstić information content (AvgIpc) is 2.71. The van der Waals surface area contributed by atoms with Gasteiger partial charge in [0.25, 0.3) is 0 Å². The summed E-state index contributed by atoms with van der Waals surface area (Å²) in [4.78, 5) is 16.7. The van der Waals surface area contributed by atoms with Gasteiger partial charge in [-0.2, -0.15) is 0 Å². The summed E-state index contributed by atoms with van der Waals surface area (Å²) in [5.74, 6) is 0.530. The first-order valence-corrected chi connectivity index (χ1v) is 10.1. The summed E-state index contributed by atoms with van der Waals surface area (Å²) < 4.78 is 18.9. The number of carbonyl (C=O) groups excluding carboxylic acids is 1. The molecule has 2 aromatic rings. The maximum Gasteiger partial charge on any atom is 0.234 e. The highest BCUT2D eigenvalue weighted by atomic mass is 19.1. The minimum Gasteiger partial charge on any atom is -0.496 e. The molecule has 1 aliphatic heterocycles. The zero-order valence-corrected chi connectivity index (χ0v) is 17.3. The van der Waals surface area contributed by atoms with Crippen LogP contribution in [0.2, 0.25) is 0 Å². The van der Waals surface area contributed by atoms with E-state index in [1.807, 2.05) is 12.1 Å². The van der Waals surface area contributed by atoms with E-state index in [4.69, 9.17) is 4.74 Å². The molecule has 1 N–H and O–H groups in total. The highest BCUT2D eigenvalue weighted by molar-refractivity contribution is 5.78. The van der Waals surface area contributed by atoms with E-state index in [2.05, 4.69) is 34.2 Å². The van der Waals surface area contributed by atoms with Gasteiger partial charge in [-0.15, -0.1) is 0 Å². The van der Waals surface area contributed by atoms with E-state index >= 15 is 0 Å². The van der Waals surface area contributed by atoms with Gasteiger partial charge in [0, 0.05) is 44.8 Å². The number of rotatable bonds is 8. The predicted molar refractivity (Wildman–Crippen MR) is 113 cm³/mol. The number of nitrogens with zero attached hydrogens (tertiary/aromatic N) is 2. The summed E-state index contributed by atoms with van der Waals surface area (Å²) in [7, 11) is 1.60. The molecule has 0 spiro atoms. The molecule has 1 fully saturated rings. The van der Waals surface area contributed by atoms with Crippen molar-refractivity contribution in [2.24, 2.45) is 0 Å². The minimum atomic E-state index is -0.248. The average molecular weight is 400 g/mol. The first-order valence-electron chi connectivity index (χ1n) is 10.1. The van der Waals surface area contributed by atoms with Crippen LogP contribution in [0.4, 0.5) is 4.39 Å². The lowest BCUT2D eigenvalue weighted by atomic mass is 10.1. The Morgan fingerprint density at radius 1 is 1.07 bits per heavy atom. The molecule has 0 radical (unpaired) electrons. The van der Waals surface area contributed by atoms with Crippen molar-refractivity contribution in [1.29, 1.82) is 0 Å². The largest absolute Gasteiger partial charge is 0.496 e. The number of carbonyl (C=O) groups is 1. The van der Waals surface area contributed by atoms with Gasteiger partial charge < -0.3 is 10.1 Å². The van der Waals surface area contributed by atoms with Crippen molar-refractivity contribution in [2.75, 3.05) is 46.4 Å². The molecule has 1 aliphatic rings. The van der Waals surface area contributed by atoms with E-state index in [1.165, 1.54) is 23.3 Å². The Morgan fingerprint density at radius 2 is 1.79 bits per heavy atom. The number of nitrogens with one attached hydrogen (secondary N) is 1. The van der Waals surface area contributed by atoms with Gasteiger partial charge in [-0.3, -0.25) is 14.6 Å². The lowest BCUT2D eigenvalue weighted by Crippen LogP contribution is -2.49. The van der Waals surface area contributed by atoms with E-state index < -0.39 is 0 Å². The van der Waals surface area contributed by atoms with Gasteiger partial charge in [-0.1, -0.05) is 24.3 Å². The fraction of sp³-hybridized carbons (Fsp3) is 0.435. The highest BCUT2D eigenvalue weighted by Crippen LogP contribution is 2.21. The molecule has 1 heterocycles. The maximum absolute atomic E-state index is 13.5. The number of benzene rings is 2. The molecule has 6 heteroatoms. The van der Waals surface area contributed by atoms with E-state index in [0.717, 1.165) is 38.2 Å². The summed E-state index contributed by atoms with van der Waals surface area (Å²) in [6.45, 7) is 7.15. The van der Waals surface area contributed by atoms with Crippen LogP contribution in [0.3, 0.4) is 0 Å². The Hall–Kier alpha value is -2.44. The monoisotopic (exact) mass is 399 g/mol. The third kappa shape index (κ3) is 6.27. The zero-order valence-electron chi connectivity index (χ0n) is 17.3. The van der Waals surface area contributed by atoms with Crippen LogP contribution in [0.5, 0.6) is 5.75 Å². The smallest absolute Gasteiger partial charge is 0.234 e. The Kier molecular flexibility index (Phi) is 7.61. The van der Waals surface area contributed by atoms with Crippen LogP contribution < -0.4 is 10.1 Å². The number of hydrogen-bond acceptors (Lipinski definition) is 4. The molecule has 0 aliphatic carbocycles. The molecule has 1 saturated heterocycles. The van der Waals surface area contributed by atoms with E-state index in [1.54, 1.807) is 13.2 Å². The molecule has 5 nitrogen and oxygen atoms in total. The third-order valence-electron chi connectivity index (χ3n) is 5.45. The molecule has 0 saturated carbocycles. The van der Waals surface area contributed by atoms with Crippen molar-refractivity contribution in [3.05, 3.63) is 65.0 Å². The standard InChI is InChI=1S/C23H30FN3O2/c1-18-5-3-4-6-19(18)9-10-25-23(28)17-27-13-11-26(12-14-27)16-20-15-21(24)7-8-22(20)29-2/h3-8,15H,9-14,16-17H2,1-2H3,(H,25,28). The minimum absolute atomic E-state index is 0.0684. The van der Waals surface area contributed by atoms with E-state index in [0.29, 0.717) is 25.4 Å². The number of aryl methyl sites for hydroxylation is 1. The second kappa shape index (κ2) is 10.4. The van der Waals surface area contributed by atoms with Crippen molar-refractivity contribution >= 4 is 5.91 Å². The summed E-state index contributed by atoms with van der Waals surface area (Å²) in [5, 5.41) is 3.03. The first kappa shape index (κ1) is 21.3. The van der Waals surface area contributed by atoms with Crippen LogP contribution in [0.15, 0.2) is 42.5 Å². The van der Waals surface area contributed by atoms with Crippen LogP contribution >= 0.6 is 0 Å². The number of halogens is 1. The summed E-state index contributed by atoms with van der Waals surface area (Å²) in [6, 6.07) is 12.9. The quantitative estimate of drug-likeness (QED) is 0.741. The normalized spacial score (nSPS) is 15.3. The van der Waals surface area contributed by atoms with Crippen molar-refractivity contribution in [3.63, 3.8) is 0 Å². The summed E-state index contributed by atoms with van der Waals surface area (Å²) in [5.41, 5.74) is 3.39. The van der Waals surface area contributed by atoms with Crippen molar-refractivity contribution in [3.8, 4) is 5.75 Å². The second-order valence-corrected chi connectivity index (χ2v) is 7.53. The number of methoxy groups -OCH3 is 1. The fourth-order valence-electron chi connectivity index (χ4n) is 3.70. The number of amides is 1. The third-order valence-corrected chi connectivity index (χ3v) is 5.45. The molecule has 3 rings (SSSR count). The lowest BCUT2D eigenvalue weighted by molar-refractivity contribution is -0.122. The molecule has 0 aromatic heterocycles. The second-order valence-electron chi connectivity index (χ2n) is 7.53. The van der Waals surface area contributed by atoms with E-state index in [9.17, 15) is 9.18 Å². The molecule has 29 heavy (non-hydrogen) atoms. The summed E-state index contributed by atoms with van der Waals surface area (Å²) in [6.07, 6.45) is 0.849. The first-order chi connectivity index (χ1) is 14.0.